The average Bonchev–Trinajstić information content (AvgIpc) is 2.61. The molecule has 0 spiro atoms. The van der Waals surface area contributed by atoms with Crippen molar-refractivity contribution in [3.05, 3.63) is 11.8 Å². The van der Waals surface area contributed by atoms with Crippen molar-refractivity contribution in [2.24, 2.45) is 0 Å². The molecule has 1 saturated heterocycles. The third-order valence-corrected chi connectivity index (χ3v) is 2.90. The van der Waals surface area contributed by atoms with Crippen molar-refractivity contribution in [3.8, 4) is 6.07 Å². The topological polar surface area (TPSA) is 45.5 Å². The van der Waals surface area contributed by atoms with Crippen LogP contribution in [0.15, 0.2) is 11.8 Å². The van der Waals surface area contributed by atoms with E-state index in [1.807, 2.05) is 13.2 Å². The Hall–Kier alpha value is -1.05. The summed E-state index contributed by atoms with van der Waals surface area (Å²) in [5.41, 5.74) is 0.783. The molecule has 0 aliphatic carbocycles. The monoisotopic (exact) mass is 194 g/mol. The second-order valence-electron chi connectivity index (χ2n) is 3.78. The molecular formula is C10H14N2O2. The second-order valence-corrected chi connectivity index (χ2v) is 3.78. The van der Waals surface area contributed by atoms with Crippen molar-refractivity contribution in [2.45, 2.75) is 31.3 Å². The first-order valence-electron chi connectivity index (χ1n) is 4.75. The van der Waals surface area contributed by atoms with Gasteiger partial charge in [-0.1, -0.05) is 0 Å². The quantitative estimate of drug-likeness (QED) is 0.621. The molecule has 0 aromatic carbocycles. The second kappa shape index (κ2) is 3.60. The lowest BCUT2D eigenvalue weighted by Crippen LogP contribution is -2.38. The largest absolute Gasteiger partial charge is 0.374 e. The van der Waals surface area contributed by atoms with Gasteiger partial charge in [0.15, 0.2) is 6.29 Å². The van der Waals surface area contributed by atoms with E-state index in [-0.39, 0.29) is 12.4 Å². The number of methoxy groups -OCH3 is 1. The molecule has 0 aromatic rings. The number of hydrogen-bond donors (Lipinski definition) is 0. The number of fused-ring (bicyclic) bond motifs is 1. The molecule has 1 fully saturated rings. The summed E-state index contributed by atoms with van der Waals surface area (Å²) >= 11 is 0. The number of ether oxygens (including phenoxy) is 2. The van der Waals surface area contributed by atoms with Gasteiger partial charge in [-0.3, -0.25) is 0 Å². The molecular weight excluding hydrogens is 180 g/mol. The molecule has 4 heteroatoms. The molecule has 0 bridgehead atoms. The van der Waals surface area contributed by atoms with Crippen molar-refractivity contribution in [2.75, 3.05) is 14.2 Å². The van der Waals surface area contributed by atoms with Crippen LogP contribution in [0.3, 0.4) is 0 Å². The summed E-state index contributed by atoms with van der Waals surface area (Å²) < 4.78 is 10.8. The highest BCUT2D eigenvalue weighted by molar-refractivity contribution is 5.24. The maximum atomic E-state index is 8.82. The van der Waals surface area contributed by atoms with Gasteiger partial charge >= 0.3 is 0 Å². The van der Waals surface area contributed by atoms with Gasteiger partial charge in [-0.25, -0.2) is 0 Å². The van der Waals surface area contributed by atoms with E-state index >= 15 is 0 Å². The summed E-state index contributed by atoms with van der Waals surface area (Å²) in [4.78, 5) is 2.06. The fourth-order valence-corrected chi connectivity index (χ4v) is 2.14. The summed E-state index contributed by atoms with van der Waals surface area (Å²) in [5, 5.41) is 8.82. The molecule has 2 rings (SSSR count). The Morgan fingerprint density at radius 2 is 2.50 bits per heavy atom. The van der Waals surface area contributed by atoms with Gasteiger partial charge in [0, 0.05) is 38.8 Å². The van der Waals surface area contributed by atoms with E-state index in [0.717, 1.165) is 12.0 Å². The maximum absolute atomic E-state index is 8.82. The van der Waals surface area contributed by atoms with E-state index in [1.165, 1.54) is 0 Å². The first-order chi connectivity index (χ1) is 6.74. The fraction of sp³-hybridized carbons (Fsp3) is 0.700. The Balaban J connectivity index is 2.12. The molecule has 0 N–H and O–H groups in total. The molecule has 0 radical (unpaired) electrons. The minimum atomic E-state index is -0.112. The minimum Gasteiger partial charge on any atom is -0.374 e. The Morgan fingerprint density at radius 1 is 1.71 bits per heavy atom. The number of hydrogen-bond acceptors (Lipinski definition) is 4. The Labute approximate surface area is 83.7 Å². The third-order valence-electron chi connectivity index (χ3n) is 2.90. The molecule has 3 atom stereocenters. The van der Waals surface area contributed by atoms with Crippen molar-refractivity contribution in [3.63, 3.8) is 0 Å². The summed E-state index contributed by atoms with van der Waals surface area (Å²) in [6.45, 7) is 0. The zero-order valence-electron chi connectivity index (χ0n) is 8.43. The van der Waals surface area contributed by atoms with Crippen LogP contribution in [0.4, 0.5) is 0 Å². The first-order valence-corrected chi connectivity index (χ1v) is 4.75. The first kappa shape index (κ1) is 9.50. The number of likely N-dealkylation sites (N-methyl/N-ethyl adjacent to an activating group) is 1. The van der Waals surface area contributed by atoms with Gasteiger partial charge in [0.25, 0.3) is 0 Å². The van der Waals surface area contributed by atoms with Crippen LogP contribution in [0.2, 0.25) is 0 Å². The van der Waals surface area contributed by atoms with Crippen LogP contribution in [0.5, 0.6) is 0 Å². The molecule has 2 heterocycles. The highest BCUT2D eigenvalue weighted by Crippen LogP contribution is 2.32. The Morgan fingerprint density at radius 3 is 3.14 bits per heavy atom. The zero-order valence-corrected chi connectivity index (χ0v) is 8.43. The fourth-order valence-electron chi connectivity index (χ4n) is 2.14. The van der Waals surface area contributed by atoms with Gasteiger partial charge in [-0.2, -0.15) is 5.26 Å². The van der Waals surface area contributed by atoms with E-state index < -0.39 is 0 Å². The molecule has 2 aliphatic heterocycles. The van der Waals surface area contributed by atoms with Crippen LogP contribution < -0.4 is 0 Å². The van der Waals surface area contributed by atoms with E-state index in [9.17, 15) is 0 Å². The standard InChI is InChI=1S/C10H14N2O2/c1-12-6-7(5-11)3-9-8(12)4-10(13-2)14-9/h6,8-10H,3-4H2,1-2H3/t8-,9-,10-/m0/s1. The van der Waals surface area contributed by atoms with E-state index in [4.69, 9.17) is 14.7 Å². The average molecular weight is 194 g/mol. The van der Waals surface area contributed by atoms with Gasteiger partial charge in [-0.05, 0) is 0 Å². The highest BCUT2D eigenvalue weighted by Gasteiger charge is 2.39. The zero-order chi connectivity index (χ0) is 10.1. The summed E-state index contributed by atoms with van der Waals surface area (Å²) in [6, 6.07) is 2.54. The highest BCUT2D eigenvalue weighted by atomic mass is 16.7. The van der Waals surface area contributed by atoms with Crippen molar-refractivity contribution in [1.82, 2.24) is 4.90 Å². The summed E-state index contributed by atoms with van der Waals surface area (Å²) in [5.74, 6) is 0. The predicted molar refractivity (Wildman–Crippen MR) is 50.2 cm³/mol. The predicted octanol–water partition coefficient (Wildman–Crippen LogP) is 0.859. The van der Waals surface area contributed by atoms with Crippen molar-refractivity contribution < 1.29 is 9.47 Å². The molecule has 14 heavy (non-hydrogen) atoms. The van der Waals surface area contributed by atoms with E-state index in [0.29, 0.717) is 12.5 Å². The Bertz CT molecular complexity index is 295. The molecule has 0 unspecified atom stereocenters. The summed E-state index contributed by atoms with van der Waals surface area (Å²) in [7, 11) is 3.64. The number of rotatable bonds is 1. The van der Waals surface area contributed by atoms with Crippen LogP contribution in [0, 0.1) is 11.3 Å². The van der Waals surface area contributed by atoms with Gasteiger partial charge in [0.1, 0.15) is 0 Å². The molecule has 0 amide bonds. The van der Waals surface area contributed by atoms with Crippen molar-refractivity contribution >= 4 is 0 Å². The lowest BCUT2D eigenvalue weighted by molar-refractivity contribution is -0.115. The van der Waals surface area contributed by atoms with Gasteiger partial charge < -0.3 is 14.4 Å². The molecule has 2 aliphatic rings. The molecule has 0 saturated carbocycles. The van der Waals surface area contributed by atoms with Crippen LogP contribution in [-0.4, -0.2) is 37.5 Å². The number of nitriles is 1. The van der Waals surface area contributed by atoms with Gasteiger partial charge in [-0.15, -0.1) is 0 Å². The van der Waals surface area contributed by atoms with Crippen molar-refractivity contribution in [1.29, 1.82) is 5.26 Å². The van der Waals surface area contributed by atoms with Gasteiger partial charge in [0.2, 0.25) is 0 Å². The Kier molecular flexibility index (Phi) is 2.44. The minimum absolute atomic E-state index is 0.112. The normalized spacial score (nSPS) is 36.2. The SMILES string of the molecule is CO[C@@H]1C[C@H]2[C@H](CC(C#N)=CN2C)O1. The molecule has 76 valence electrons. The molecule has 0 aromatic heterocycles. The third kappa shape index (κ3) is 1.49. The van der Waals surface area contributed by atoms with Crippen LogP contribution in [0.1, 0.15) is 12.8 Å². The van der Waals surface area contributed by atoms with E-state index in [1.54, 1.807) is 7.11 Å². The van der Waals surface area contributed by atoms with Crippen LogP contribution in [-0.2, 0) is 9.47 Å². The lowest BCUT2D eigenvalue weighted by Gasteiger charge is -2.31. The maximum Gasteiger partial charge on any atom is 0.159 e. The lowest BCUT2D eigenvalue weighted by atomic mass is 9.98. The van der Waals surface area contributed by atoms with E-state index in [2.05, 4.69) is 11.0 Å². The molecule has 4 nitrogen and oxygen atoms in total. The summed E-state index contributed by atoms with van der Waals surface area (Å²) in [6.07, 6.45) is 3.50. The number of nitrogens with zero attached hydrogens (tertiary/aromatic N) is 2. The van der Waals surface area contributed by atoms with Crippen LogP contribution in [0.25, 0.3) is 0 Å². The smallest absolute Gasteiger partial charge is 0.159 e. The van der Waals surface area contributed by atoms with Gasteiger partial charge in [0.05, 0.1) is 18.2 Å². The van der Waals surface area contributed by atoms with Crippen LogP contribution >= 0.6 is 0 Å².